The highest BCUT2D eigenvalue weighted by molar-refractivity contribution is 6.30. The zero-order valence-electron chi connectivity index (χ0n) is 17.2. The third kappa shape index (κ3) is 5.28. The molecular formula is C23H29ClFNO3. The molecule has 2 aromatic rings. The van der Waals surface area contributed by atoms with Crippen LogP contribution in [-0.4, -0.2) is 43.9 Å². The van der Waals surface area contributed by atoms with Crippen molar-refractivity contribution in [3.63, 3.8) is 0 Å². The van der Waals surface area contributed by atoms with E-state index in [4.69, 9.17) is 21.1 Å². The van der Waals surface area contributed by atoms with Crippen LogP contribution in [0.5, 0.6) is 5.75 Å². The van der Waals surface area contributed by atoms with Gasteiger partial charge in [-0.1, -0.05) is 29.8 Å². The monoisotopic (exact) mass is 421 g/mol. The molecule has 0 radical (unpaired) electrons. The molecule has 0 bridgehead atoms. The Morgan fingerprint density at radius 3 is 2.59 bits per heavy atom. The first-order valence-corrected chi connectivity index (χ1v) is 10.3. The van der Waals surface area contributed by atoms with Crippen LogP contribution < -0.4 is 4.74 Å². The predicted octanol–water partition coefficient (Wildman–Crippen LogP) is 4.62. The number of halogens is 2. The fourth-order valence-electron chi connectivity index (χ4n) is 4.21. The highest BCUT2D eigenvalue weighted by Gasteiger charge is 2.45. The molecule has 0 aliphatic heterocycles. The molecule has 1 N–H and O–H groups in total. The highest BCUT2D eigenvalue weighted by Crippen LogP contribution is 2.46. The first kappa shape index (κ1) is 22.0. The van der Waals surface area contributed by atoms with Crippen molar-refractivity contribution in [2.75, 3.05) is 27.7 Å². The SMILES string of the molecule is COc1cc(Cl)ccc1C1(O)CCC(OCc2ccc(F)cc2)CC1CN(C)C. The third-order valence-corrected chi connectivity index (χ3v) is 5.92. The molecule has 4 nitrogen and oxygen atoms in total. The summed E-state index contributed by atoms with van der Waals surface area (Å²) in [5, 5.41) is 12.3. The Hall–Kier alpha value is -1.66. The van der Waals surface area contributed by atoms with E-state index in [1.807, 2.05) is 20.2 Å². The molecule has 1 fully saturated rings. The lowest BCUT2D eigenvalue weighted by molar-refractivity contribution is -0.111. The van der Waals surface area contributed by atoms with Crippen LogP contribution in [-0.2, 0) is 16.9 Å². The first-order chi connectivity index (χ1) is 13.8. The van der Waals surface area contributed by atoms with Gasteiger partial charge in [-0.25, -0.2) is 4.39 Å². The van der Waals surface area contributed by atoms with Gasteiger partial charge in [0.25, 0.3) is 0 Å². The van der Waals surface area contributed by atoms with E-state index in [0.717, 1.165) is 30.5 Å². The molecule has 0 heterocycles. The predicted molar refractivity (Wildman–Crippen MR) is 113 cm³/mol. The fourth-order valence-corrected chi connectivity index (χ4v) is 4.37. The molecule has 1 aliphatic rings. The number of benzene rings is 2. The van der Waals surface area contributed by atoms with Crippen molar-refractivity contribution in [3.05, 3.63) is 64.4 Å². The summed E-state index contributed by atoms with van der Waals surface area (Å²) in [6.07, 6.45) is 2.05. The minimum atomic E-state index is -1.02. The van der Waals surface area contributed by atoms with Gasteiger partial charge in [-0.15, -0.1) is 0 Å². The zero-order chi connectivity index (χ0) is 21.0. The van der Waals surface area contributed by atoms with E-state index in [-0.39, 0.29) is 17.8 Å². The van der Waals surface area contributed by atoms with Gasteiger partial charge in [-0.3, -0.25) is 0 Å². The number of methoxy groups -OCH3 is 1. The van der Waals surface area contributed by atoms with Crippen LogP contribution >= 0.6 is 11.6 Å². The zero-order valence-corrected chi connectivity index (χ0v) is 18.0. The molecule has 3 rings (SSSR count). The summed E-state index contributed by atoms with van der Waals surface area (Å²) in [6, 6.07) is 11.8. The minimum Gasteiger partial charge on any atom is -0.496 e. The van der Waals surface area contributed by atoms with Crippen LogP contribution in [0.3, 0.4) is 0 Å². The van der Waals surface area contributed by atoms with Crippen molar-refractivity contribution in [2.24, 2.45) is 5.92 Å². The summed E-state index contributed by atoms with van der Waals surface area (Å²) in [4.78, 5) is 2.08. The molecule has 2 aromatic carbocycles. The van der Waals surface area contributed by atoms with Crippen LogP contribution in [0.4, 0.5) is 4.39 Å². The molecule has 158 valence electrons. The lowest BCUT2D eigenvalue weighted by Gasteiger charge is -2.44. The van der Waals surface area contributed by atoms with Gasteiger partial charge in [-0.2, -0.15) is 0 Å². The average molecular weight is 422 g/mol. The largest absolute Gasteiger partial charge is 0.496 e. The van der Waals surface area contributed by atoms with Crippen molar-refractivity contribution < 1.29 is 19.0 Å². The van der Waals surface area contributed by atoms with Gasteiger partial charge in [0.1, 0.15) is 11.6 Å². The third-order valence-electron chi connectivity index (χ3n) is 5.68. The van der Waals surface area contributed by atoms with Gasteiger partial charge >= 0.3 is 0 Å². The second kappa shape index (κ2) is 9.43. The normalized spacial score (nSPS) is 24.7. The number of nitrogens with zero attached hydrogens (tertiary/aromatic N) is 1. The standard InChI is InChI=1S/C23H29ClFNO3/c1-26(2)14-17-12-20(29-15-16-4-7-19(25)8-5-16)10-11-23(17,27)21-9-6-18(24)13-22(21)28-3/h4-9,13,17,20,27H,10-12,14-15H2,1-3H3. The van der Waals surface area contributed by atoms with Gasteiger partial charge in [-0.05, 0) is 63.2 Å². The Labute approximate surface area is 177 Å². The van der Waals surface area contributed by atoms with Crippen LogP contribution in [0, 0.1) is 11.7 Å². The summed E-state index contributed by atoms with van der Waals surface area (Å²) >= 11 is 6.12. The van der Waals surface area contributed by atoms with E-state index in [1.54, 1.807) is 31.4 Å². The maximum atomic E-state index is 13.1. The quantitative estimate of drug-likeness (QED) is 0.708. The number of hydrogen-bond donors (Lipinski definition) is 1. The van der Waals surface area contributed by atoms with E-state index in [9.17, 15) is 9.50 Å². The second-order valence-electron chi connectivity index (χ2n) is 8.06. The number of ether oxygens (including phenoxy) is 2. The van der Waals surface area contributed by atoms with Crippen molar-refractivity contribution in [1.82, 2.24) is 4.90 Å². The summed E-state index contributed by atoms with van der Waals surface area (Å²) in [5.74, 6) is 0.327. The van der Waals surface area contributed by atoms with E-state index in [2.05, 4.69) is 4.90 Å². The molecule has 0 spiro atoms. The van der Waals surface area contributed by atoms with Crippen molar-refractivity contribution >= 4 is 11.6 Å². The Kier molecular flexibility index (Phi) is 7.17. The maximum absolute atomic E-state index is 13.1. The molecule has 1 aliphatic carbocycles. The molecule has 0 saturated heterocycles. The molecular weight excluding hydrogens is 393 g/mol. The highest BCUT2D eigenvalue weighted by atomic mass is 35.5. The first-order valence-electron chi connectivity index (χ1n) is 9.89. The smallest absolute Gasteiger partial charge is 0.126 e. The maximum Gasteiger partial charge on any atom is 0.126 e. The van der Waals surface area contributed by atoms with Gasteiger partial charge in [0.05, 0.1) is 25.4 Å². The molecule has 0 aromatic heterocycles. The Morgan fingerprint density at radius 1 is 1.21 bits per heavy atom. The van der Waals surface area contributed by atoms with Crippen LogP contribution in [0.1, 0.15) is 30.4 Å². The number of rotatable bonds is 7. The van der Waals surface area contributed by atoms with Gasteiger partial charge in [0.15, 0.2) is 0 Å². The topological polar surface area (TPSA) is 41.9 Å². The van der Waals surface area contributed by atoms with Gasteiger partial charge in [0, 0.05) is 23.0 Å². The Morgan fingerprint density at radius 2 is 1.93 bits per heavy atom. The molecule has 1 saturated carbocycles. The van der Waals surface area contributed by atoms with Gasteiger partial charge in [0.2, 0.25) is 0 Å². The van der Waals surface area contributed by atoms with Crippen molar-refractivity contribution in [2.45, 2.75) is 37.6 Å². The van der Waals surface area contributed by atoms with E-state index in [1.165, 1.54) is 12.1 Å². The molecule has 29 heavy (non-hydrogen) atoms. The van der Waals surface area contributed by atoms with Crippen LogP contribution in [0.25, 0.3) is 0 Å². The number of hydrogen-bond acceptors (Lipinski definition) is 4. The second-order valence-corrected chi connectivity index (χ2v) is 8.50. The summed E-state index contributed by atoms with van der Waals surface area (Å²) in [6.45, 7) is 1.15. The van der Waals surface area contributed by atoms with Gasteiger partial charge < -0.3 is 19.5 Å². The molecule has 3 atom stereocenters. The summed E-state index contributed by atoms with van der Waals surface area (Å²) < 4.78 is 24.7. The molecule has 0 amide bonds. The summed E-state index contributed by atoms with van der Waals surface area (Å²) in [5.41, 5.74) is 0.694. The Balaban J connectivity index is 1.77. The molecule has 6 heteroatoms. The number of aliphatic hydroxyl groups is 1. The van der Waals surface area contributed by atoms with Crippen LogP contribution in [0.2, 0.25) is 5.02 Å². The van der Waals surface area contributed by atoms with Crippen molar-refractivity contribution in [3.8, 4) is 5.75 Å². The fraction of sp³-hybridized carbons (Fsp3) is 0.478. The Bertz CT molecular complexity index is 814. The average Bonchev–Trinajstić information content (AvgIpc) is 2.69. The van der Waals surface area contributed by atoms with Crippen LogP contribution in [0.15, 0.2) is 42.5 Å². The minimum absolute atomic E-state index is 0.0282. The van der Waals surface area contributed by atoms with Crippen molar-refractivity contribution in [1.29, 1.82) is 0 Å². The lowest BCUT2D eigenvalue weighted by atomic mass is 9.70. The lowest BCUT2D eigenvalue weighted by Crippen LogP contribution is -2.47. The van der Waals surface area contributed by atoms with E-state index in [0.29, 0.717) is 23.8 Å². The molecule has 3 unspecified atom stereocenters. The van der Waals surface area contributed by atoms with E-state index >= 15 is 0 Å². The summed E-state index contributed by atoms with van der Waals surface area (Å²) in [7, 11) is 5.60. The van der Waals surface area contributed by atoms with E-state index < -0.39 is 5.60 Å².